The molecule has 15 heavy (non-hydrogen) atoms. The molecule has 2 aromatic rings. The number of aromatic nitrogens is 1. The number of rotatable bonds is 1. The third kappa shape index (κ3) is 2.05. The maximum Gasteiger partial charge on any atom is 0.248 e. The Bertz CT molecular complexity index is 579. The van der Waals surface area contributed by atoms with E-state index in [1.54, 1.807) is 18.2 Å². The van der Waals surface area contributed by atoms with Gasteiger partial charge in [-0.2, -0.15) is 0 Å². The fraction of sp³-hybridized carbons (Fsp3) is 0.100. The van der Waals surface area contributed by atoms with Crippen molar-refractivity contribution in [3.8, 4) is 0 Å². The van der Waals surface area contributed by atoms with Gasteiger partial charge in [0.25, 0.3) is 0 Å². The monoisotopic (exact) mass is 305 g/mol. The van der Waals surface area contributed by atoms with E-state index in [0.29, 0.717) is 20.9 Å². The molecule has 0 spiro atoms. The summed E-state index contributed by atoms with van der Waals surface area (Å²) in [6, 6.07) is 4.96. The van der Waals surface area contributed by atoms with Crippen LogP contribution in [0.4, 0.5) is 0 Å². The fourth-order valence-corrected chi connectivity index (χ4v) is 2.22. The Hall–Kier alpha value is -0.510. The Morgan fingerprint density at radius 1 is 1.20 bits per heavy atom. The molecule has 2 nitrogen and oxygen atoms in total. The van der Waals surface area contributed by atoms with Crippen molar-refractivity contribution in [3.05, 3.63) is 44.2 Å². The van der Waals surface area contributed by atoms with E-state index in [9.17, 15) is 4.79 Å². The molecule has 1 N–H and O–H groups in total. The molecule has 1 heterocycles. The van der Waals surface area contributed by atoms with E-state index in [4.69, 9.17) is 23.2 Å². The Morgan fingerprint density at radius 2 is 1.87 bits per heavy atom. The Kier molecular flexibility index (Phi) is 3.05. The van der Waals surface area contributed by atoms with Gasteiger partial charge in [-0.25, -0.2) is 0 Å². The summed E-state index contributed by atoms with van der Waals surface area (Å²) in [7, 11) is 0. The van der Waals surface area contributed by atoms with E-state index < -0.39 is 0 Å². The Balaban J connectivity index is 2.90. The minimum atomic E-state index is -0.143. The third-order valence-electron chi connectivity index (χ3n) is 2.11. The first-order valence-corrected chi connectivity index (χ1v) is 6.06. The number of hydrogen-bond acceptors (Lipinski definition) is 1. The molecule has 0 fully saturated rings. The van der Waals surface area contributed by atoms with Gasteiger partial charge in [0.15, 0.2) is 0 Å². The topological polar surface area (TPSA) is 32.9 Å². The van der Waals surface area contributed by atoms with Gasteiger partial charge < -0.3 is 4.98 Å². The highest BCUT2D eigenvalue weighted by molar-refractivity contribution is 9.08. The minimum absolute atomic E-state index is 0.143. The molecule has 1 aromatic heterocycles. The average molecular weight is 307 g/mol. The molecule has 0 saturated carbocycles. The van der Waals surface area contributed by atoms with Crippen LogP contribution in [0, 0.1) is 0 Å². The van der Waals surface area contributed by atoms with Crippen molar-refractivity contribution in [1.82, 2.24) is 4.98 Å². The van der Waals surface area contributed by atoms with E-state index >= 15 is 0 Å². The van der Waals surface area contributed by atoms with E-state index in [2.05, 4.69) is 20.9 Å². The van der Waals surface area contributed by atoms with Crippen LogP contribution in [0.3, 0.4) is 0 Å². The van der Waals surface area contributed by atoms with E-state index in [-0.39, 0.29) is 5.56 Å². The van der Waals surface area contributed by atoms with Crippen LogP contribution in [0.1, 0.15) is 5.56 Å². The van der Waals surface area contributed by atoms with Gasteiger partial charge in [0.1, 0.15) is 0 Å². The van der Waals surface area contributed by atoms with Crippen LogP contribution in [-0.4, -0.2) is 4.98 Å². The number of fused-ring (bicyclic) bond motifs is 1. The van der Waals surface area contributed by atoms with Gasteiger partial charge in [-0.3, -0.25) is 4.79 Å². The maximum atomic E-state index is 11.3. The summed E-state index contributed by atoms with van der Waals surface area (Å²) in [5, 5.41) is 2.43. The van der Waals surface area contributed by atoms with Crippen LogP contribution in [-0.2, 0) is 5.33 Å². The molecule has 78 valence electrons. The van der Waals surface area contributed by atoms with Crippen molar-refractivity contribution >= 4 is 50.0 Å². The zero-order valence-electron chi connectivity index (χ0n) is 7.48. The molecule has 2 rings (SSSR count). The fourth-order valence-electron chi connectivity index (χ4n) is 1.43. The summed E-state index contributed by atoms with van der Waals surface area (Å²) in [4.78, 5) is 14.0. The van der Waals surface area contributed by atoms with Crippen LogP contribution >= 0.6 is 39.1 Å². The highest BCUT2D eigenvalue weighted by atomic mass is 79.9. The van der Waals surface area contributed by atoms with Gasteiger partial charge in [-0.15, -0.1) is 0 Å². The van der Waals surface area contributed by atoms with Gasteiger partial charge >= 0.3 is 0 Å². The van der Waals surface area contributed by atoms with E-state index in [1.807, 2.05) is 0 Å². The van der Waals surface area contributed by atoms with Crippen molar-refractivity contribution in [2.24, 2.45) is 0 Å². The molecule has 0 aliphatic carbocycles. The zero-order valence-corrected chi connectivity index (χ0v) is 10.6. The highest BCUT2D eigenvalue weighted by Gasteiger charge is 2.06. The molecular formula is C10H6BrCl2NO. The third-order valence-corrected chi connectivity index (χ3v) is 3.44. The number of benzene rings is 1. The summed E-state index contributed by atoms with van der Waals surface area (Å²) in [6.07, 6.45) is 0. The molecule has 0 atom stereocenters. The summed E-state index contributed by atoms with van der Waals surface area (Å²) in [5.41, 5.74) is 1.45. The lowest BCUT2D eigenvalue weighted by Crippen LogP contribution is -2.05. The van der Waals surface area contributed by atoms with E-state index in [0.717, 1.165) is 10.9 Å². The van der Waals surface area contributed by atoms with Gasteiger partial charge in [-0.1, -0.05) is 39.1 Å². The normalized spacial score (nSPS) is 10.9. The molecule has 0 amide bonds. The van der Waals surface area contributed by atoms with Crippen LogP contribution in [0.15, 0.2) is 23.0 Å². The lowest BCUT2D eigenvalue weighted by Gasteiger charge is -2.04. The number of pyridine rings is 1. The number of aromatic amines is 1. The van der Waals surface area contributed by atoms with Crippen molar-refractivity contribution in [1.29, 1.82) is 0 Å². The number of halogens is 3. The maximum absolute atomic E-state index is 11.3. The smallest absolute Gasteiger partial charge is 0.248 e. The highest BCUT2D eigenvalue weighted by Crippen LogP contribution is 2.28. The van der Waals surface area contributed by atoms with Crippen LogP contribution in [0.5, 0.6) is 0 Å². The predicted molar refractivity (Wildman–Crippen MR) is 67.2 cm³/mol. The first kappa shape index (κ1) is 11.0. The zero-order chi connectivity index (χ0) is 11.0. The number of nitrogens with one attached hydrogen (secondary N) is 1. The lowest BCUT2D eigenvalue weighted by atomic mass is 10.1. The van der Waals surface area contributed by atoms with Crippen molar-refractivity contribution in [3.63, 3.8) is 0 Å². The molecular weight excluding hydrogens is 301 g/mol. The average Bonchev–Trinajstić information content (AvgIpc) is 2.19. The van der Waals surface area contributed by atoms with Crippen LogP contribution < -0.4 is 5.56 Å². The molecule has 0 bridgehead atoms. The quantitative estimate of drug-likeness (QED) is 0.800. The summed E-state index contributed by atoms with van der Waals surface area (Å²) in [5.74, 6) is 0. The van der Waals surface area contributed by atoms with Gasteiger partial charge in [0.05, 0.1) is 15.6 Å². The molecule has 0 saturated heterocycles. The summed E-state index contributed by atoms with van der Waals surface area (Å²) < 4.78 is 0. The van der Waals surface area contributed by atoms with Crippen molar-refractivity contribution in [2.45, 2.75) is 5.33 Å². The van der Waals surface area contributed by atoms with Crippen molar-refractivity contribution in [2.75, 3.05) is 0 Å². The Labute approximate surface area is 104 Å². The first-order valence-electron chi connectivity index (χ1n) is 4.18. The van der Waals surface area contributed by atoms with Gasteiger partial charge in [0.2, 0.25) is 5.56 Å². The molecule has 5 heteroatoms. The molecule has 0 aliphatic heterocycles. The van der Waals surface area contributed by atoms with E-state index in [1.165, 1.54) is 0 Å². The number of hydrogen-bond donors (Lipinski definition) is 1. The molecule has 0 radical (unpaired) electrons. The predicted octanol–water partition coefficient (Wildman–Crippen LogP) is 3.73. The van der Waals surface area contributed by atoms with Gasteiger partial charge in [-0.05, 0) is 17.7 Å². The first-order chi connectivity index (χ1) is 7.11. The minimum Gasteiger partial charge on any atom is -0.322 e. The summed E-state index contributed by atoms with van der Waals surface area (Å²) in [6.45, 7) is 0. The number of alkyl halides is 1. The molecule has 0 unspecified atom stereocenters. The Morgan fingerprint density at radius 3 is 2.53 bits per heavy atom. The molecule has 1 aromatic carbocycles. The standard InChI is InChI=1S/C10H6BrCl2NO/c11-4-5-1-10(15)14-9-3-8(13)7(12)2-6(5)9/h1-3H,4H2,(H,14,15). The van der Waals surface area contributed by atoms with Crippen LogP contribution in [0.2, 0.25) is 10.0 Å². The largest absolute Gasteiger partial charge is 0.322 e. The summed E-state index contributed by atoms with van der Waals surface area (Å²) >= 11 is 15.1. The second-order valence-electron chi connectivity index (χ2n) is 3.10. The lowest BCUT2D eigenvalue weighted by molar-refractivity contribution is 1.27. The van der Waals surface area contributed by atoms with Gasteiger partial charge in [0, 0.05) is 16.8 Å². The number of H-pyrrole nitrogens is 1. The second-order valence-corrected chi connectivity index (χ2v) is 4.48. The SMILES string of the molecule is O=c1cc(CBr)c2cc(Cl)c(Cl)cc2[nH]1. The van der Waals surface area contributed by atoms with Crippen molar-refractivity contribution < 1.29 is 0 Å². The second kappa shape index (κ2) is 4.16. The molecule has 0 aliphatic rings. The van der Waals surface area contributed by atoms with Crippen LogP contribution in [0.25, 0.3) is 10.9 Å².